The van der Waals surface area contributed by atoms with Crippen molar-refractivity contribution in [2.24, 2.45) is 5.92 Å². The summed E-state index contributed by atoms with van der Waals surface area (Å²) in [6, 6.07) is -0.0483. The molecular formula is C14H26N2O3S. The summed E-state index contributed by atoms with van der Waals surface area (Å²) < 4.78 is 22.4. The smallest absolute Gasteiger partial charge is 0.237 e. The van der Waals surface area contributed by atoms with Crippen molar-refractivity contribution >= 4 is 15.7 Å². The first kappa shape index (κ1) is 15.8. The average Bonchev–Trinajstić information content (AvgIpc) is 3.00. The van der Waals surface area contributed by atoms with Crippen LogP contribution in [0.1, 0.15) is 39.5 Å². The second kappa shape index (κ2) is 5.64. The van der Waals surface area contributed by atoms with Crippen LogP contribution in [0.5, 0.6) is 0 Å². The summed E-state index contributed by atoms with van der Waals surface area (Å²) in [4.78, 5) is 14.7. The Kier molecular flexibility index (Phi) is 4.44. The van der Waals surface area contributed by atoms with Gasteiger partial charge in [0.05, 0.1) is 10.8 Å². The van der Waals surface area contributed by atoms with Crippen LogP contribution in [0.3, 0.4) is 0 Å². The van der Waals surface area contributed by atoms with E-state index in [1.807, 2.05) is 0 Å². The number of amides is 1. The van der Waals surface area contributed by atoms with E-state index >= 15 is 0 Å². The summed E-state index contributed by atoms with van der Waals surface area (Å²) >= 11 is 0. The van der Waals surface area contributed by atoms with Gasteiger partial charge < -0.3 is 5.32 Å². The normalized spacial score (nSPS) is 22.8. The number of carbonyl (C=O) groups is 1. The number of nitrogens with zero attached hydrogens (tertiary/aromatic N) is 1. The SMILES string of the molecule is CC(C)(CNC(=O)[C@@H](C1CC1)N1CCCC1)S(C)(=O)=O. The van der Waals surface area contributed by atoms with Crippen LogP contribution in [0, 0.1) is 5.92 Å². The molecule has 0 bridgehead atoms. The lowest BCUT2D eigenvalue weighted by atomic mass is 10.1. The van der Waals surface area contributed by atoms with Crippen LogP contribution in [0.25, 0.3) is 0 Å². The van der Waals surface area contributed by atoms with E-state index in [-0.39, 0.29) is 18.5 Å². The first-order valence-electron chi connectivity index (χ1n) is 7.44. The molecule has 0 radical (unpaired) electrons. The van der Waals surface area contributed by atoms with Gasteiger partial charge >= 0.3 is 0 Å². The van der Waals surface area contributed by atoms with Crippen LogP contribution in [0.4, 0.5) is 0 Å². The molecule has 0 spiro atoms. The molecule has 2 fully saturated rings. The fourth-order valence-electron chi connectivity index (χ4n) is 2.65. The van der Waals surface area contributed by atoms with Gasteiger partial charge in [-0.3, -0.25) is 9.69 Å². The van der Waals surface area contributed by atoms with Crippen LogP contribution in [0.15, 0.2) is 0 Å². The van der Waals surface area contributed by atoms with Gasteiger partial charge in [-0.25, -0.2) is 8.42 Å². The second-order valence-electron chi connectivity index (χ2n) is 6.78. The molecule has 1 aliphatic carbocycles. The van der Waals surface area contributed by atoms with E-state index < -0.39 is 14.6 Å². The Labute approximate surface area is 122 Å². The first-order valence-corrected chi connectivity index (χ1v) is 9.33. The van der Waals surface area contributed by atoms with Crippen molar-refractivity contribution in [3.63, 3.8) is 0 Å². The number of likely N-dealkylation sites (tertiary alicyclic amines) is 1. The first-order chi connectivity index (χ1) is 9.22. The Balaban J connectivity index is 1.95. The molecule has 5 nitrogen and oxygen atoms in total. The minimum absolute atomic E-state index is 0.00567. The lowest BCUT2D eigenvalue weighted by molar-refractivity contribution is -0.126. The predicted molar refractivity (Wildman–Crippen MR) is 79.3 cm³/mol. The highest BCUT2D eigenvalue weighted by molar-refractivity contribution is 7.92. The molecule has 1 atom stereocenters. The summed E-state index contributed by atoms with van der Waals surface area (Å²) in [7, 11) is -3.18. The fourth-order valence-corrected chi connectivity index (χ4v) is 2.98. The number of hydrogen-bond donors (Lipinski definition) is 1. The second-order valence-corrected chi connectivity index (χ2v) is 9.42. The molecule has 20 heavy (non-hydrogen) atoms. The summed E-state index contributed by atoms with van der Waals surface area (Å²) in [5.41, 5.74) is 0. The Hall–Kier alpha value is -0.620. The molecule has 6 heteroatoms. The molecular weight excluding hydrogens is 276 g/mol. The summed E-state index contributed by atoms with van der Waals surface area (Å²) in [6.45, 7) is 5.48. The minimum atomic E-state index is -3.18. The van der Waals surface area contributed by atoms with E-state index in [9.17, 15) is 13.2 Å². The highest BCUT2D eigenvalue weighted by Gasteiger charge is 2.41. The van der Waals surface area contributed by atoms with Gasteiger partial charge in [-0.1, -0.05) is 0 Å². The van der Waals surface area contributed by atoms with Gasteiger partial charge in [-0.2, -0.15) is 0 Å². The van der Waals surface area contributed by atoms with Gasteiger partial charge in [0.25, 0.3) is 0 Å². The van der Waals surface area contributed by atoms with Crippen molar-refractivity contribution in [2.75, 3.05) is 25.9 Å². The maximum absolute atomic E-state index is 12.4. The molecule has 0 aromatic rings. The van der Waals surface area contributed by atoms with Gasteiger partial charge in [-0.05, 0) is 58.5 Å². The van der Waals surface area contributed by atoms with Gasteiger partial charge in [0.1, 0.15) is 0 Å². The van der Waals surface area contributed by atoms with E-state index in [2.05, 4.69) is 10.2 Å². The Bertz CT molecular complexity index is 463. The molecule has 1 saturated heterocycles. The van der Waals surface area contributed by atoms with E-state index in [1.54, 1.807) is 13.8 Å². The number of hydrogen-bond acceptors (Lipinski definition) is 4. The molecule has 1 heterocycles. The highest BCUT2D eigenvalue weighted by Crippen LogP contribution is 2.36. The van der Waals surface area contributed by atoms with Crippen LogP contribution in [-0.4, -0.2) is 55.9 Å². The molecule has 1 aliphatic heterocycles. The molecule has 116 valence electrons. The van der Waals surface area contributed by atoms with Gasteiger partial charge in [0.2, 0.25) is 5.91 Å². The predicted octanol–water partition coefficient (Wildman–Crippen LogP) is 0.800. The van der Waals surface area contributed by atoms with Crippen molar-refractivity contribution in [2.45, 2.75) is 50.3 Å². The van der Waals surface area contributed by atoms with Crippen LogP contribution in [-0.2, 0) is 14.6 Å². The summed E-state index contributed by atoms with van der Waals surface area (Å²) in [6.07, 6.45) is 5.77. The zero-order valence-corrected chi connectivity index (χ0v) is 13.5. The Morgan fingerprint density at radius 1 is 1.30 bits per heavy atom. The molecule has 0 unspecified atom stereocenters. The van der Waals surface area contributed by atoms with Crippen molar-refractivity contribution in [1.29, 1.82) is 0 Å². The van der Waals surface area contributed by atoms with Gasteiger partial charge in [0, 0.05) is 12.8 Å². The number of nitrogens with one attached hydrogen (secondary N) is 1. The summed E-state index contributed by atoms with van der Waals surface area (Å²) in [5.74, 6) is 0.473. The molecule has 0 aromatic heterocycles. The molecule has 1 N–H and O–H groups in total. The fraction of sp³-hybridized carbons (Fsp3) is 0.929. The molecule has 0 aromatic carbocycles. The highest BCUT2D eigenvalue weighted by atomic mass is 32.2. The Morgan fingerprint density at radius 3 is 2.30 bits per heavy atom. The molecule has 1 saturated carbocycles. The molecule has 2 rings (SSSR count). The summed E-state index contributed by atoms with van der Waals surface area (Å²) in [5, 5.41) is 2.87. The molecule has 1 amide bonds. The van der Waals surface area contributed by atoms with E-state index in [4.69, 9.17) is 0 Å². The van der Waals surface area contributed by atoms with Crippen molar-refractivity contribution in [1.82, 2.24) is 10.2 Å². The van der Waals surface area contributed by atoms with Crippen LogP contribution in [0.2, 0.25) is 0 Å². The van der Waals surface area contributed by atoms with Crippen molar-refractivity contribution in [3.8, 4) is 0 Å². The van der Waals surface area contributed by atoms with Crippen LogP contribution < -0.4 is 5.32 Å². The Morgan fingerprint density at radius 2 is 1.85 bits per heavy atom. The van der Waals surface area contributed by atoms with Crippen molar-refractivity contribution < 1.29 is 13.2 Å². The monoisotopic (exact) mass is 302 g/mol. The third-order valence-electron chi connectivity index (χ3n) is 4.56. The van der Waals surface area contributed by atoms with Crippen molar-refractivity contribution in [3.05, 3.63) is 0 Å². The van der Waals surface area contributed by atoms with E-state index in [0.29, 0.717) is 5.92 Å². The number of rotatable bonds is 6. The van der Waals surface area contributed by atoms with E-state index in [0.717, 1.165) is 38.8 Å². The quantitative estimate of drug-likeness (QED) is 0.788. The third-order valence-corrected chi connectivity index (χ3v) is 6.72. The zero-order valence-electron chi connectivity index (χ0n) is 12.7. The van der Waals surface area contributed by atoms with Crippen LogP contribution >= 0.6 is 0 Å². The minimum Gasteiger partial charge on any atom is -0.353 e. The van der Waals surface area contributed by atoms with E-state index in [1.165, 1.54) is 6.26 Å². The molecule has 2 aliphatic rings. The largest absolute Gasteiger partial charge is 0.353 e. The lowest BCUT2D eigenvalue weighted by Gasteiger charge is -2.29. The maximum atomic E-state index is 12.4. The maximum Gasteiger partial charge on any atom is 0.237 e. The van der Waals surface area contributed by atoms with Gasteiger partial charge in [-0.15, -0.1) is 0 Å². The standard InChI is InChI=1S/C14H26N2O3S/c1-14(2,20(3,18)19)10-15-13(17)12(11-6-7-11)16-8-4-5-9-16/h11-12H,4-10H2,1-3H3,(H,15,17)/t12-/m1/s1. The lowest BCUT2D eigenvalue weighted by Crippen LogP contribution is -2.51. The zero-order chi connectivity index (χ0) is 15.0. The average molecular weight is 302 g/mol. The number of carbonyl (C=O) groups excluding carboxylic acids is 1. The topological polar surface area (TPSA) is 66.5 Å². The van der Waals surface area contributed by atoms with Gasteiger partial charge in [0.15, 0.2) is 9.84 Å². The number of sulfone groups is 1. The third kappa shape index (κ3) is 3.52.